The third kappa shape index (κ3) is 5.16. The summed E-state index contributed by atoms with van der Waals surface area (Å²) in [6.07, 6.45) is 1.51. The van der Waals surface area contributed by atoms with Gasteiger partial charge >= 0.3 is 0 Å². The van der Waals surface area contributed by atoms with Crippen molar-refractivity contribution in [2.75, 3.05) is 31.6 Å². The number of anilines is 1. The highest BCUT2D eigenvalue weighted by Crippen LogP contribution is 2.32. The molecule has 27 heavy (non-hydrogen) atoms. The second kappa shape index (κ2) is 7.81. The number of hydrogen-bond acceptors (Lipinski definition) is 6. The lowest BCUT2D eigenvalue weighted by Crippen LogP contribution is -2.45. The molecular formula is C17H26N4O5S. The second-order valence-electron chi connectivity index (χ2n) is 7.67. The molecule has 150 valence electrons. The maximum absolute atomic E-state index is 13.0. The molecule has 1 aliphatic rings. The van der Waals surface area contributed by atoms with Crippen LogP contribution in [-0.2, 0) is 14.8 Å². The van der Waals surface area contributed by atoms with Crippen molar-refractivity contribution in [3.05, 3.63) is 28.3 Å². The van der Waals surface area contributed by atoms with E-state index in [4.69, 9.17) is 0 Å². The Morgan fingerprint density at radius 2 is 1.89 bits per heavy atom. The number of hydrogen-bond donors (Lipinski definition) is 1. The lowest BCUT2D eigenvalue weighted by atomic mass is 10.1. The second-order valence-corrected chi connectivity index (χ2v) is 9.58. The summed E-state index contributed by atoms with van der Waals surface area (Å²) in [6, 6.07) is 3.70. The molecule has 0 aromatic heterocycles. The van der Waals surface area contributed by atoms with E-state index < -0.39 is 20.5 Å². The van der Waals surface area contributed by atoms with Crippen LogP contribution >= 0.6 is 0 Å². The van der Waals surface area contributed by atoms with Gasteiger partial charge in [0.05, 0.1) is 17.2 Å². The smallest absolute Gasteiger partial charge is 0.270 e. The van der Waals surface area contributed by atoms with Crippen LogP contribution in [0.25, 0.3) is 0 Å². The number of amides is 1. The molecule has 1 heterocycles. The van der Waals surface area contributed by atoms with E-state index in [-0.39, 0.29) is 28.7 Å². The van der Waals surface area contributed by atoms with Gasteiger partial charge in [0.25, 0.3) is 5.69 Å². The third-order valence-electron chi connectivity index (χ3n) is 4.14. The molecule has 1 N–H and O–H groups in total. The fourth-order valence-corrected chi connectivity index (χ4v) is 4.74. The van der Waals surface area contributed by atoms with Gasteiger partial charge in [-0.2, -0.15) is 4.31 Å². The number of nitro groups is 1. The normalized spacial score (nSPS) is 15.6. The third-order valence-corrected chi connectivity index (χ3v) is 6.07. The monoisotopic (exact) mass is 398 g/mol. The van der Waals surface area contributed by atoms with Crippen LogP contribution in [0.3, 0.4) is 0 Å². The van der Waals surface area contributed by atoms with E-state index in [9.17, 15) is 23.3 Å². The Labute approximate surface area is 159 Å². The number of sulfonamides is 1. The summed E-state index contributed by atoms with van der Waals surface area (Å²) in [5.41, 5.74) is -0.460. The van der Waals surface area contributed by atoms with Gasteiger partial charge in [0, 0.05) is 37.8 Å². The van der Waals surface area contributed by atoms with Crippen LogP contribution in [0.5, 0.6) is 0 Å². The van der Waals surface area contributed by atoms with Crippen LogP contribution in [-0.4, -0.2) is 55.8 Å². The SMILES string of the molecule is CN(CC(=O)NC(C)(C)C)c1ccc([N+](=O)[O-])cc1S(=O)(=O)N1CCCC1. The first-order valence-electron chi connectivity index (χ1n) is 8.72. The summed E-state index contributed by atoms with van der Waals surface area (Å²) in [6.45, 7) is 6.25. The predicted molar refractivity (Wildman–Crippen MR) is 102 cm³/mol. The lowest BCUT2D eigenvalue weighted by molar-refractivity contribution is -0.385. The van der Waals surface area contributed by atoms with Crippen LogP contribution < -0.4 is 10.2 Å². The molecule has 1 amide bonds. The summed E-state index contributed by atoms with van der Waals surface area (Å²) >= 11 is 0. The molecule has 0 aliphatic carbocycles. The van der Waals surface area contributed by atoms with E-state index in [0.29, 0.717) is 13.1 Å². The topological polar surface area (TPSA) is 113 Å². The average Bonchev–Trinajstić information content (AvgIpc) is 3.07. The van der Waals surface area contributed by atoms with Crippen LogP contribution in [0.4, 0.5) is 11.4 Å². The molecule has 9 nitrogen and oxygen atoms in total. The van der Waals surface area contributed by atoms with Crippen molar-refractivity contribution in [2.45, 2.75) is 44.0 Å². The molecule has 1 aromatic rings. The first kappa shape index (κ1) is 21.1. The van der Waals surface area contributed by atoms with Gasteiger partial charge in [-0.05, 0) is 39.7 Å². The predicted octanol–water partition coefficient (Wildman–Crippen LogP) is 1.73. The van der Waals surface area contributed by atoms with Crippen molar-refractivity contribution in [2.24, 2.45) is 0 Å². The zero-order valence-corrected chi connectivity index (χ0v) is 16.9. The standard InChI is InChI=1S/C17H26N4O5S/c1-17(2,3)18-16(22)12-19(4)14-8-7-13(21(23)24)11-15(14)27(25,26)20-9-5-6-10-20/h7-8,11H,5-6,9-10,12H2,1-4H3,(H,18,22). The van der Waals surface area contributed by atoms with Gasteiger partial charge in [-0.1, -0.05) is 0 Å². The molecular weight excluding hydrogens is 372 g/mol. The zero-order valence-electron chi connectivity index (χ0n) is 16.1. The Morgan fingerprint density at radius 1 is 1.30 bits per heavy atom. The summed E-state index contributed by atoms with van der Waals surface area (Å²) in [5, 5.41) is 14.0. The van der Waals surface area contributed by atoms with Crippen molar-refractivity contribution in [3.8, 4) is 0 Å². The van der Waals surface area contributed by atoms with Crippen molar-refractivity contribution >= 4 is 27.3 Å². The van der Waals surface area contributed by atoms with E-state index in [1.165, 1.54) is 21.3 Å². The van der Waals surface area contributed by atoms with Crippen LogP contribution in [0.15, 0.2) is 23.1 Å². The van der Waals surface area contributed by atoms with Gasteiger partial charge in [-0.15, -0.1) is 0 Å². The molecule has 1 aromatic carbocycles. The summed E-state index contributed by atoms with van der Waals surface area (Å²) in [7, 11) is -2.30. The van der Waals surface area contributed by atoms with Crippen molar-refractivity contribution in [1.29, 1.82) is 0 Å². The first-order valence-corrected chi connectivity index (χ1v) is 10.2. The Hall–Kier alpha value is -2.20. The van der Waals surface area contributed by atoms with Gasteiger partial charge in [0.1, 0.15) is 4.90 Å². The number of nitrogens with one attached hydrogen (secondary N) is 1. The van der Waals surface area contributed by atoms with Gasteiger partial charge in [0.2, 0.25) is 15.9 Å². The van der Waals surface area contributed by atoms with Gasteiger partial charge in [0.15, 0.2) is 0 Å². The zero-order chi connectivity index (χ0) is 20.4. The van der Waals surface area contributed by atoms with E-state index in [0.717, 1.165) is 18.9 Å². The number of likely N-dealkylation sites (N-methyl/N-ethyl adjacent to an activating group) is 1. The maximum Gasteiger partial charge on any atom is 0.270 e. The molecule has 10 heteroatoms. The van der Waals surface area contributed by atoms with Crippen LogP contribution in [0.1, 0.15) is 33.6 Å². The number of carbonyl (C=O) groups is 1. The van der Waals surface area contributed by atoms with Crippen molar-refractivity contribution in [1.82, 2.24) is 9.62 Å². The van der Waals surface area contributed by atoms with E-state index in [1.54, 1.807) is 7.05 Å². The summed E-state index contributed by atoms with van der Waals surface area (Å²) in [5.74, 6) is -0.270. The van der Waals surface area contributed by atoms with Gasteiger partial charge < -0.3 is 10.2 Å². The summed E-state index contributed by atoms with van der Waals surface area (Å²) in [4.78, 5) is 24.1. The fourth-order valence-electron chi connectivity index (χ4n) is 2.96. The fraction of sp³-hybridized carbons (Fsp3) is 0.588. The van der Waals surface area contributed by atoms with E-state index in [2.05, 4.69) is 5.32 Å². The Balaban J connectivity index is 2.40. The lowest BCUT2D eigenvalue weighted by Gasteiger charge is -2.26. The van der Waals surface area contributed by atoms with Crippen LogP contribution in [0.2, 0.25) is 0 Å². The minimum atomic E-state index is -3.89. The number of benzene rings is 1. The van der Waals surface area contributed by atoms with Gasteiger partial charge in [-0.3, -0.25) is 14.9 Å². The molecule has 0 bridgehead atoms. The Kier molecular flexibility index (Phi) is 6.10. The van der Waals surface area contributed by atoms with E-state index in [1.807, 2.05) is 20.8 Å². The highest BCUT2D eigenvalue weighted by Gasteiger charge is 2.32. The quantitative estimate of drug-likeness (QED) is 0.577. The number of nitro benzene ring substituents is 1. The molecule has 1 saturated heterocycles. The first-order chi connectivity index (χ1) is 12.4. The maximum atomic E-state index is 13.0. The average molecular weight is 398 g/mol. The minimum Gasteiger partial charge on any atom is -0.364 e. The number of carbonyl (C=O) groups excluding carboxylic acids is 1. The molecule has 0 radical (unpaired) electrons. The van der Waals surface area contributed by atoms with E-state index >= 15 is 0 Å². The van der Waals surface area contributed by atoms with Crippen molar-refractivity contribution < 1.29 is 18.1 Å². The molecule has 1 fully saturated rings. The number of rotatable bonds is 6. The molecule has 0 atom stereocenters. The molecule has 1 aliphatic heterocycles. The number of nitrogens with zero attached hydrogens (tertiary/aromatic N) is 3. The Morgan fingerprint density at radius 3 is 2.41 bits per heavy atom. The molecule has 0 saturated carbocycles. The number of non-ortho nitro benzene ring substituents is 1. The summed E-state index contributed by atoms with van der Waals surface area (Å²) < 4.78 is 27.4. The van der Waals surface area contributed by atoms with Gasteiger partial charge in [-0.25, -0.2) is 8.42 Å². The van der Waals surface area contributed by atoms with Crippen LogP contribution in [0, 0.1) is 10.1 Å². The molecule has 0 spiro atoms. The van der Waals surface area contributed by atoms with Crippen molar-refractivity contribution in [3.63, 3.8) is 0 Å². The highest BCUT2D eigenvalue weighted by molar-refractivity contribution is 7.89. The minimum absolute atomic E-state index is 0.0718. The highest BCUT2D eigenvalue weighted by atomic mass is 32.2. The Bertz CT molecular complexity index is 826. The largest absolute Gasteiger partial charge is 0.364 e. The molecule has 2 rings (SSSR count). The molecule has 0 unspecified atom stereocenters.